The average molecular weight is 308 g/mol. The molecule has 2 aromatic heterocycles. The van der Waals surface area contributed by atoms with Gasteiger partial charge >= 0.3 is 0 Å². The van der Waals surface area contributed by atoms with Crippen molar-refractivity contribution >= 4 is 11.0 Å². The van der Waals surface area contributed by atoms with Crippen molar-refractivity contribution in [3.8, 4) is 11.1 Å². The van der Waals surface area contributed by atoms with Gasteiger partial charge in [0.2, 0.25) is 0 Å². The van der Waals surface area contributed by atoms with E-state index in [9.17, 15) is 0 Å². The molecule has 1 aliphatic rings. The molecule has 1 aliphatic heterocycles. The SMILES string of the molecule is Cc1nn(CCO)c2ncc(-c3ccc4c(c3)CNCC4)cc12. The highest BCUT2D eigenvalue weighted by Gasteiger charge is 2.12. The summed E-state index contributed by atoms with van der Waals surface area (Å²) in [6.07, 6.45) is 3.00. The van der Waals surface area contributed by atoms with E-state index in [4.69, 9.17) is 5.11 Å². The maximum Gasteiger partial charge on any atom is 0.158 e. The Balaban J connectivity index is 1.78. The number of rotatable bonds is 3. The Morgan fingerprint density at radius 2 is 2.13 bits per heavy atom. The molecule has 0 radical (unpaired) electrons. The lowest BCUT2D eigenvalue weighted by Crippen LogP contribution is -2.23. The van der Waals surface area contributed by atoms with Crippen LogP contribution in [0.4, 0.5) is 0 Å². The van der Waals surface area contributed by atoms with Crippen LogP contribution >= 0.6 is 0 Å². The number of fused-ring (bicyclic) bond motifs is 2. The third-order valence-electron chi connectivity index (χ3n) is 4.51. The summed E-state index contributed by atoms with van der Waals surface area (Å²) in [7, 11) is 0. The van der Waals surface area contributed by atoms with Crippen molar-refractivity contribution < 1.29 is 5.11 Å². The minimum atomic E-state index is 0.0669. The first-order valence-electron chi connectivity index (χ1n) is 8.03. The van der Waals surface area contributed by atoms with Crippen molar-refractivity contribution in [1.29, 1.82) is 0 Å². The lowest BCUT2D eigenvalue weighted by molar-refractivity contribution is 0.271. The molecule has 0 saturated heterocycles. The predicted octanol–water partition coefficient (Wildman–Crippen LogP) is 2.04. The smallest absolute Gasteiger partial charge is 0.158 e. The first kappa shape index (κ1) is 14.4. The molecule has 0 aliphatic carbocycles. The van der Waals surface area contributed by atoms with Gasteiger partial charge in [0.25, 0.3) is 0 Å². The predicted molar refractivity (Wildman–Crippen MR) is 90.2 cm³/mol. The quantitative estimate of drug-likeness (QED) is 0.777. The first-order chi connectivity index (χ1) is 11.3. The molecule has 0 saturated carbocycles. The standard InChI is InChI=1S/C18H20N4O/c1-12-17-9-16(11-20-18(17)22(21-12)6-7-23)14-3-2-13-4-5-19-10-15(13)8-14/h2-3,8-9,11,19,23H,4-7,10H2,1H3. The third kappa shape index (κ3) is 2.52. The van der Waals surface area contributed by atoms with E-state index >= 15 is 0 Å². The van der Waals surface area contributed by atoms with Crippen molar-refractivity contribution in [2.24, 2.45) is 0 Å². The molecule has 0 unspecified atom stereocenters. The summed E-state index contributed by atoms with van der Waals surface area (Å²) in [5.41, 5.74) is 6.89. The molecular formula is C18H20N4O. The van der Waals surface area contributed by atoms with Crippen molar-refractivity contribution in [2.75, 3.05) is 13.2 Å². The summed E-state index contributed by atoms with van der Waals surface area (Å²) >= 11 is 0. The fraction of sp³-hybridized carbons (Fsp3) is 0.333. The van der Waals surface area contributed by atoms with Gasteiger partial charge in [0, 0.05) is 23.7 Å². The maximum absolute atomic E-state index is 9.14. The molecule has 2 N–H and O–H groups in total. The van der Waals surface area contributed by atoms with E-state index in [2.05, 4.69) is 39.7 Å². The van der Waals surface area contributed by atoms with E-state index in [1.807, 2.05) is 13.1 Å². The molecule has 118 valence electrons. The van der Waals surface area contributed by atoms with E-state index < -0.39 is 0 Å². The van der Waals surface area contributed by atoms with Gasteiger partial charge in [-0.15, -0.1) is 0 Å². The number of aryl methyl sites for hydroxylation is 1. The second-order valence-electron chi connectivity index (χ2n) is 6.04. The van der Waals surface area contributed by atoms with Crippen molar-refractivity contribution in [3.63, 3.8) is 0 Å². The highest BCUT2D eigenvalue weighted by molar-refractivity contribution is 5.83. The maximum atomic E-state index is 9.14. The Labute approximate surface area is 135 Å². The third-order valence-corrected chi connectivity index (χ3v) is 4.51. The minimum Gasteiger partial charge on any atom is -0.394 e. The molecule has 3 heterocycles. The van der Waals surface area contributed by atoms with Gasteiger partial charge in [0.15, 0.2) is 5.65 Å². The zero-order valence-electron chi connectivity index (χ0n) is 13.2. The number of aliphatic hydroxyl groups excluding tert-OH is 1. The van der Waals surface area contributed by atoms with E-state index in [0.717, 1.165) is 41.8 Å². The number of hydrogen-bond donors (Lipinski definition) is 2. The Morgan fingerprint density at radius 1 is 1.22 bits per heavy atom. The number of nitrogens with zero attached hydrogens (tertiary/aromatic N) is 3. The zero-order chi connectivity index (χ0) is 15.8. The van der Waals surface area contributed by atoms with Crippen LogP contribution in [0.15, 0.2) is 30.5 Å². The number of pyridine rings is 1. The lowest BCUT2D eigenvalue weighted by Gasteiger charge is -2.18. The first-order valence-corrected chi connectivity index (χ1v) is 8.03. The second kappa shape index (κ2) is 5.76. The van der Waals surface area contributed by atoms with E-state index in [1.165, 1.54) is 16.7 Å². The molecule has 0 fully saturated rings. The minimum absolute atomic E-state index is 0.0669. The molecule has 0 spiro atoms. The monoisotopic (exact) mass is 308 g/mol. The molecule has 3 aromatic rings. The molecule has 0 atom stereocenters. The van der Waals surface area contributed by atoms with E-state index in [0.29, 0.717) is 6.54 Å². The number of nitrogens with one attached hydrogen (secondary N) is 1. The number of aromatic nitrogens is 3. The van der Waals surface area contributed by atoms with Crippen LogP contribution in [0.2, 0.25) is 0 Å². The summed E-state index contributed by atoms with van der Waals surface area (Å²) < 4.78 is 1.77. The van der Waals surface area contributed by atoms with E-state index in [-0.39, 0.29) is 6.61 Å². The molecule has 0 bridgehead atoms. The Bertz CT molecular complexity index is 869. The fourth-order valence-corrected chi connectivity index (χ4v) is 3.28. The second-order valence-corrected chi connectivity index (χ2v) is 6.04. The summed E-state index contributed by atoms with van der Waals surface area (Å²) in [5, 5.41) is 18.1. The van der Waals surface area contributed by atoms with Crippen LogP contribution in [0.3, 0.4) is 0 Å². The normalized spacial score (nSPS) is 14.2. The van der Waals surface area contributed by atoms with E-state index in [1.54, 1.807) is 4.68 Å². The van der Waals surface area contributed by atoms with Gasteiger partial charge in [-0.05, 0) is 48.7 Å². The molecule has 4 rings (SSSR count). The van der Waals surface area contributed by atoms with Crippen LogP contribution in [0.5, 0.6) is 0 Å². The highest BCUT2D eigenvalue weighted by Crippen LogP contribution is 2.27. The molecule has 5 nitrogen and oxygen atoms in total. The van der Waals surface area contributed by atoms with Crippen LogP contribution in [-0.2, 0) is 19.5 Å². The topological polar surface area (TPSA) is 63.0 Å². The van der Waals surface area contributed by atoms with Gasteiger partial charge in [-0.2, -0.15) is 5.10 Å². The summed E-state index contributed by atoms with van der Waals surface area (Å²) in [6.45, 7) is 4.52. The van der Waals surface area contributed by atoms with Gasteiger partial charge < -0.3 is 10.4 Å². The van der Waals surface area contributed by atoms with Gasteiger partial charge in [0.05, 0.1) is 18.8 Å². The number of hydrogen-bond acceptors (Lipinski definition) is 4. The molecular weight excluding hydrogens is 288 g/mol. The van der Waals surface area contributed by atoms with Crippen LogP contribution in [0.25, 0.3) is 22.2 Å². The van der Waals surface area contributed by atoms with Crippen LogP contribution in [0, 0.1) is 6.92 Å². The number of aliphatic hydroxyl groups is 1. The molecule has 0 amide bonds. The summed E-state index contributed by atoms with van der Waals surface area (Å²) in [5.74, 6) is 0. The van der Waals surface area contributed by atoms with Crippen LogP contribution in [-0.4, -0.2) is 33.0 Å². The van der Waals surface area contributed by atoms with Gasteiger partial charge in [-0.25, -0.2) is 9.67 Å². The Morgan fingerprint density at radius 3 is 3.00 bits per heavy atom. The van der Waals surface area contributed by atoms with Crippen molar-refractivity contribution in [3.05, 3.63) is 47.3 Å². The molecule has 23 heavy (non-hydrogen) atoms. The molecule has 1 aromatic carbocycles. The lowest BCUT2D eigenvalue weighted by atomic mass is 9.96. The largest absolute Gasteiger partial charge is 0.394 e. The summed E-state index contributed by atoms with van der Waals surface area (Å²) in [4.78, 5) is 4.58. The van der Waals surface area contributed by atoms with Gasteiger partial charge in [-0.3, -0.25) is 0 Å². The zero-order valence-corrected chi connectivity index (χ0v) is 13.2. The summed E-state index contributed by atoms with van der Waals surface area (Å²) in [6, 6.07) is 8.83. The van der Waals surface area contributed by atoms with Crippen molar-refractivity contribution in [1.82, 2.24) is 20.1 Å². The van der Waals surface area contributed by atoms with Crippen LogP contribution in [0.1, 0.15) is 16.8 Å². The van der Waals surface area contributed by atoms with Crippen molar-refractivity contribution in [2.45, 2.75) is 26.4 Å². The fourth-order valence-electron chi connectivity index (χ4n) is 3.28. The van der Waals surface area contributed by atoms with Gasteiger partial charge in [0.1, 0.15) is 0 Å². The Hall–Kier alpha value is -2.24. The average Bonchev–Trinajstić information content (AvgIpc) is 2.90. The van der Waals surface area contributed by atoms with Gasteiger partial charge in [-0.1, -0.05) is 12.1 Å². The highest BCUT2D eigenvalue weighted by atomic mass is 16.3. The molecule has 5 heteroatoms. The van der Waals surface area contributed by atoms with Crippen LogP contribution < -0.4 is 5.32 Å². The Kier molecular flexibility index (Phi) is 3.59. The number of benzene rings is 1.